The van der Waals surface area contributed by atoms with Gasteiger partial charge < -0.3 is 15.5 Å². The van der Waals surface area contributed by atoms with E-state index in [1.54, 1.807) is 0 Å². The highest BCUT2D eigenvalue weighted by Crippen LogP contribution is 2.30. The fourth-order valence-corrected chi connectivity index (χ4v) is 3.20. The summed E-state index contributed by atoms with van der Waals surface area (Å²) in [5, 5.41) is 6.28. The molecule has 0 aliphatic carbocycles. The van der Waals surface area contributed by atoms with Gasteiger partial charge in [0.25, 0.3) is 0 Å². The summed E-state index contributed by atoms with van der Waals surface area (Å²) in [6.45, 7) is 5.67. The molecule has 2 saturated heterocycles. The molecule has 2 fully saturated rings. The van der Waals surface area contributed by atoms with Gasteiger partial charge in [-0.2, -0.15) is 0 Å². The van der Waals surface area contributed by atoms with E-state index in [9.17, 15) is 4.79 Å². The number of amides is 1. The molecule has 3 rings (SSSR count). The van der Waals surface area contributed by atoms with Crippen LogP contribution < -0.4 is 15.5 Å². The first kappa shape index (κ1) is 13.4. The second-order valence-corrected chi connectivity index (χ2v) is 5.56. The highest BCUT2D eigenvalue weighted by Gasteiger charge is 2.41. The van der Waals surface area contributed by atoms with Crippen LogP contribution in [-0.4, -0.2) is 36.6 Å². The lowest BCUT2D eigenvalue weighted by molar-refractivity contribution is -0.122. The van der Waals surface area contributed by atoms with Gasteiger partial charge in [-0.1, -0.05) is 13.0 Å². The molecular formula is C15H22N4O. The van der Waals surface area contributed by atoms with Crippen LogP contribution >= 0.6 is 0 Å². The van der Waals surface area contributed by atoms with Crippen LogP contribution in [0.2, 0.25) is 0 Å². The first-order chi connectivity index (χ1) is 9.79. The molecule has 3 heterocycles. The quantitative estimate of drug-likeness (QED) is 0.857. The first-order valence-corrected chi connectivity index (χ1v) is 7.49. The van der Waals surface area contributed by atoms with Crippen LogP contribution in [0.1, 0.15) is 25.3 Å². The van der Waals surface area contributed by atoms with Gasteiger partial charge in [-0.3, -0.25) is 4.79 Å². The molecule has 20 heavy (non-hydrogen) atoms. The minimum absolute atomic E-state index is 0.145. The number of rotatable bonds is 4. The van der Waals surface area contributed by atoms with Crippen molar-refractivity contribution in [3.63, 3.8) is 0 Å². The smallest absolute Gasteiger partial charge is 0.225 e. The van der Waals surface area contributed by atoms with Crippen molar-refractivity contribution in [2.45, 2.75) is 32.4 Å². The van der Waals surface area contributed by atoms with Crippen LogP contribution in [0.3, 0.4) is 0 Å². The number of hydrogen-bond acceptors (Lipinski definition) is 4. The lowest BCUT2D eigenvalue weighted by Crippen LogP contribution is -2.46. The van der Waals surface area contributed by atoms with Crippen molar-refractivity contribution in [2.75, 3.05) is 24.5 Å². The van der Waals surface area contributed by atoms with Crippen LogP contribution in [0, 0.1) is 5.92 Å². The highest BCUT2D eigenvalue weighted by atomic mass is 16.2. The summed E-state index contributed by atoms with van der Waals surface area (Å²) in [5.41, 5.74) is 1.20. The fraction of sp³-hybridized carbons (Fsp3) is 0.600. The number of fused-ring (bicyclic) bond motifs is 1. The van der Waals surface area contributed by atoms with Crippen molar-refractivity contribution in [1.82, 2.24) is 15.6 Å². The van der Waals surface area contributed by atoms with Crippen molar-refractivity contribution < 1.29 is 4.79 Å². The summed E-state index contributed by atoms with van der Waals surface area (Å²) >= 11 is 0. The van der Waals surface area contributed by atoms with Crippen LogP contribution in [-0.2, 0) is 11.3 Å². The number of hydrogen-bond donors (Lipinski definition) is 2. The van der Waals surface area contributed by atoms with Gasteiger partial charge in [-0.15, -0.1) is 0 Å². The topological polar surface area (TPSA) is 57.3 Å². The zero-order valence-electron chi connectivity index (χ0n) is 11.9. The lowest BCUT2D eigenvalue weighted by atomic mass is 9.91. The molecule has 1 aromatic rings. The summed E-state index contributed by atoms with van der Waals surface area (Å²) in [5.74, 6) is 1.35. The Kier molecular flexibility index (Phi) is 3.87. The Morgan fingerprint density at radius 1 is 1.50 bits per heavy atom. The van der Waals surface area contributed by atoms with E-state index in [0.717, 1.165) is 44.8 Å². The Morgan fingerprint density at radius 3 is 3.15 bits per heavy atom. The SMILES string of the molecule is CCNCc1ccc(N2CCCC3C(=O)NCC32)nc1. The maximum Gasteiger partial charge on any atom is 0.225 e. The second-order valence-electron chi connectivity index (χ2n) is 5.56. The van der Waals surface area contributed by atoms with Gasteiger partial charge in [-0.05, 0) is 31.0 Å². The summed E-state index contributed by atoms with van der Waals surface area (Å²) < 4.78 is 0. The van der Waals surface area contributed by atoms with Crippen molar-refractivity contribution in [3.05, 3.63) is 23.9 Å². The molecule has 2 unspecified atom stereocenters. The van der Waals surface area contributed by atoms with Gasteiger partial charge in [0.2, 0.25) is 5.91 Å². The molecule has 0 bridgehead atoms. The van der Waals surface area contributed by atoms with Gasteiger partial charge >= 0.3 is 0 Å². The minimum Gasteiger partial charge on any atom is -0.354 e. The Labute approximate surface area is 119 Å². The number of carbonyl (C=O) groups excluding carboxylic acids is 1. The Hall–Kier alpha value is -1.62. The maximum atomic E-state index is 11.8. The van der Waals surface area contributed by atoms with Crippen LogP contribution in [0.4, 0.5) is 5.82 Å². The van der Waals surface area contributed by atoms with Gasteiger partial charge in [0, 0.05) is 25.8 Å². The largest absolute Gasteiger partial charge is 0.354 e. The van der Waals surface area contributed by atoms with E-state index in [0.29, 0.717) is 0 Å². The minimum atomic E-state index is 0.145. The maximum absolute atomic E-state index is 11.8. The molecule has 5 nitrogen and oxygen atoms in total. The van der Waals surface area contributed by atoms with Gasteiger partial charge in [0.15, 0.2) is 0 Å². The molecule has 108 valence electrons. The van der Waals surface area contributed by atoms with E-state index in [1.807, 2.05) is 6.20 Å². The second kappa shape index (κ2) is 5.79. The van der Waals surface area contributed by atoms with E-state index < -0.39 is 0 Å². The molecule has 2 aliphatic heterocycles. The van der Waals surface area contributed by atoms with E-state index in [1.165, 1.54) is 5.56 Å². The predicted octanol–water partition coefficient (Wildman–Crippen LogP) is 0.906. The summed E-state index contributed by atoms with van der Waals surface area (Å²) in [7, 11) is 0. The van der Waals surface area contributed by atoms with Gasteiger partial charge in [0.1, 0.15) is 5.82 Å². The predicted molar refractivity (Wildman–Crippen MR) is 78.5 cm³/mol. The van der Waals surface area contributed by atoms with Gasteiger partial charge in [-0.25, -0.2) is 4.98 Å². The van der Waals surface area contributed by atoms with E-state index in [2.05, 4.69) is 39.6 Å². The van der Waals surface area contributed by atoms with Crippen molar-refractivity contribution >= 4 is 11.7 Å². The molecule has 0 spiro atoms. The van der Waals surface area contributed by atoms with Crippen LogP contribution in [0.25, 0.3) is 0 Å². The molecular weight excluding hydrogens is 252 g/mol. The van der Waals surface area contributed by atoms with Crippen molar-refractivity contribution in [1.29, 1.82) is 0 Å². The van der Waals surface area contributed by atoms with Crippen LogP contribution in [0.5, 0.6) is 0 Å². The summed E-state index contributed by atoms with van der Waals surface area (Å²) in [4.78, 5) is 18.7. The molecule has 2 N–H and O–H groups in total. The monoisotopic (exact) mass is 274 g/mol. The Bertz CT molecular complexity index is 473. The number of anilines is 1. The molecule has 1 aromatic heterocycles. The first-order valence-electron chi connectivity index (χ1n) is 7.49. The van der Waals surface area contributed by atoms with Crippen molar-refractivity contribution in [3.8, 4) is 0 Å². The summed E-state index contributed by atoms with van der Waals surface area (Å²) in [6, 6.07) is 4.49. The molecule has 0 aromatic carbocycles. The lowest BCUT2D eigenvalue weighted by Gasteiger charge is -2.36. The number of aromatic nitrogens is 1. The normalized spacial score (nSPS) is 25.4. The standard InChI is InChI=1S/C15H22N4O/c1-2-16-8-11-5-6-14(17-9-11)19-7-3-4-12-13(19)10-18-15(12)20/h5-6,9,12-13,16H,2-4,7-8,10H2,1H3,(H,18,20). The zero-order valence-corrected chi connectivity index (χ0v) is 11.9. The molecule has 2 atom stereocenters. The highest BCUT2D eigenvalue weighted by molar-refractivity contribution is 5.83. The molecule has 0 saturated carbocycles. The summed E-state index contributed by atoms with van der Waals surface area (Å²) in [6.07, 6.45) is 4.01. The van der Waals surface area contributed by atoms with E-state index >= 15 is 0 Å². The van der Waals surface area contributed by atoms with E-state index in [4.69, 9.17) is 0 Å². The Morgan fingerprint density at radius 2 is 2.40 bits per heavy atom. The number of nitrogens with zero attached hydrogens (tertiary/aromatic N) is 2. The number of piperidine rings is 1. The van der Waals surface area contributed by atoms with Gasteiger partial charge in [0.05, 0.1) is 12.0 Å². The third-order valence-electron chi connectivity index (χ3n) is 4.28. The van der Waals surface area contributed by atoms with Crippen molar-refractivity contribution in [2.24, 2.45) is 5.92 Å². The average Bonchev–Trinajstić information content (AvgIpc) is 2.87. The fourth-order valence-electron chi connectivity index (χ4n) is 3.20. The van der Waals surface area contributed by atoms with E-state index in [-0.39, 0.29) is 17.9 Å². The number of carbonyl (C=O) groups is 1. The average molecular weight is 274 g/mol. The third kappa shape index (κ3) is 2.50. The Balaban J connectivity index is 1.73. The van der Waals surface area contributed by atoms with Crippen LogP contribution in [0.15, 0.2) is 18.3 Å². The molecule has 2 aliphatic rings. The molecule has 1 amide bonds. The third-order valence-corrected chi connectivity index (χ3v) is 4.28. The molecule has 0 radical (unpaired) electrons. The molecule has 5 heteroatoms. The number of pyridine rings is 1. The number of nitrogens with one attached hydrogen (secondary N) is 2. The zero-order chi connectivity index (χ0) is 13.9.